The van der Waals surface area contributed by atoms with E-state index in [1.807, 2.05) is 42.5 Å². The van der Waals surface area contributed by atoms with Gasteiger partial charge < -0.3 is 0 Å². The van der Waals surface area contributed by atoms with Crippen LogP contribution in [0.3, 0.4) is 0 Å². The highest BCUT2D eigenvalue weighted by Gasteiger charge is 1.96. The number of benzene rings is 2. The van der Waals surface area contributed by atoms with Crippen LogP contribution in [0.1, 0.15) is 22.3 Å². The third-order valence-corrected chi connectivity index (χ3v) is 2.58. The standard InChI is InChI=1S/C16H10N2/c17-11-14-7-5-13(6-8-14)9-10-15-3-1-2-4-16(15)12-18/h1-10H. The van der Waals surface area contributed by atoms with Gasteiger partial charge in [-0.05, 0) is 29.3 Å². The molecule has 84 valence electrons. The minimum Gasteiger partial charge on any atom is -0.192 e. The van der Waals surface area contributed by atoms with Crippen molar-refractivity contribution >= 4 is 12.2 Å². The lowest BCUT2D eigenvalue weighted by molar-refractivity contribution is 1.47. The van der Waals surface area contributed by atoms with Crippen LogP contribution in [-0.4, -0.2) is 0 Å². The van der Waals surface area contributed by atoms with Crippen molar-refractivity contribution in [3.63, 3.8) is 0 Å². The summed E-state index contributed by atoms with van der Waals surface area (Å²) in [7, 11) is 0. The highest BCUT2D eigenvalue weighted by molar-refractivity contribution is 5.72. The molecule has 0 aromatic heterocycles. The lowest BCUT2D eigenvalue weighted by Crippen LogP contribution is -1.80. The Hall–Kier alpha value is -2.84. The maximum atomic E-state index is 8.96. The quantitative estimate of drug-likeness (QED) is 0.740. The second-order valence-electron chi connectivity index (χ2n) is 3.77. The van der Waals surface area contributed by atoms with Crippen molar-refractivity contribution < 1.29 is 0 Å². The van der Waals surface area contributed by atoms with E-state index in [1.165, 1.54) is 0 Å². The van der Waals surface area contributed by atoms with Crippen LogP contribution in [0.5, 0.6) is 0 Å². The highest BCUT2D eigenvalue weighted by Crippen LogP contribution is 2.12. The van der Waals surface area contributed by atoms with Gasteiger partial charge in [-0.1, -0.05) is 42.5 Å². The smallest absolute Gasteiger partial charge is 0.0997 e. The third-order valence-electron chi connectivity index (χ3n) is 2.58. The van der Waals surface area contributed by atoms with Crippen LogP contribution in [-0.2, 0) is 0 Å². The zero-order valence-electron chi connectivity index (χ0n) is 9.67. The zero-order chi connectivity index (χ0) is 12.8. The third kappa shape index (κ3) is 2.64. The summed E-state index contributed by atoms with van der Waals surface area (Å²) in [5.41, 5.74) is 3.19. The van der Waals surface area contributed by atoms with E-state index >= 15 is 0 Å². The van der Waals surface area contributed by atoms with E-state index < -0.39 is 0 Å². The molecule has 0 saturated carbocycles. The van der Waals surface area contributed by atoms with Gasteiger partial charge in [0.15, 0.2) is 0 Å². The molecular formula is C16H10N2. The van der Waals surface area contributed by atoms with E-state index in [1.54, 1.807) is 18.2 Å². The minimum absolute atomic E-state index is 0.643. The van der Waals surface area contributed by atoms with Crippen molar-refractivity contribution in [2.75, 3.05) is 0 Å². The fraction of sp³-hybridized carbons (Fsp3) is 0. The van der Waals surface area contributed by atoms with Gasteiger partial charge in [0.25, 0.3) is 0 Å². The molecule has 18 heavy (non-hydrogen) atoms. The fourth-order valence-electron chi connectivity index (χ4n) is 1.60. The molecular weight excluding hydrogens is 220 g/mol. The molecule has 0 saturated heterocycles. The van der Waals surface area contributed by atoms with E-state index in [2.05, 4.69) is 12.1 Å². The molecule has 0 bridgehead atoms. The van der Waals surface area contributed by atoms with Gasteiger partial charge in [0.2, 0.25) is 0 Å². The van der Waals surface area contributed by atoms with Crippen molar-refractivity contribution in [3.05, 3.63) is 70.8 Å². The van der Waals surface area contributed by atoms with Gasteiger partial charge in [-0.3, -0.25) is 0 Å². The summed E-state index contributed by atoms with van der Waals surface area (Å²) in [6.07, 6.45) is 3.83. The van der Waals surface area contributed by atoms with Gasteiger partial charge in [0, 0.05) is 0 Å². The number of nitrogens with zero attached hydrogens (tertiary/aromatic N) is 2. The summed E-state index contributed by atoms with van der Waals surface area (Å²) in [5.74, 6) is 0. The molecule has 2 aromatic rings. The summed E-state index contributed by atoms with van der Waals surface area (Å²) in [6.45, 7) is 0. The summed E-state index contributed by atoms with van der Waals surface area (Å²) in [4.78, 5) is 0. The van der Waals surface area contributed by atoms with Crippen molar-refractivity contribution in [3.8, 4) is 12.1 Å². The molecule has 2 aromatic carbocycles. The maximum Gasteiger partial charge on any atom is 0.0997 e. The molecule has 0 fully saturated rings. The molecule has 0 heterocycles. The molecule has 0 aliphatic heterocycles. The molecule has 0 unspecified atom stereocenters. The second-order valence-corrected chi connectivity index (χ2v) is 3.77. The summed E-state index contributed by atoms with van der Waals surface area (Å²) in [5, 5.41) is 17.7. The predicted molar refractivity (Wildman–Crippen MR) is 71.2 cm³/mol. The molecule has 0 spiro atoms. The molecule has 0 aliphatic carbocycles. The molecule has 2 nitrogen and oxygen atoms in total. The zero-order valence-corrected chi connectivity index (χ0v) is 9.67. The fourth-order valence-corrected chi connectivity index (χ4v) is 1.60. The van der Waals surface area contributed by atoms with E-state index in [0.29, 0.717) is 11.1 Å². The molecule has 2 rings (SSSR count). The molecule has 0 amide bonds. The van der Waals surface area contributed by atoms with Crippen LogP contribution in [0, 0.1) is 22.7 Å². The van der Waals surface area contributed by atoms with Crippen molar-refractivity contribution in [2.45, 2.75) is 0 Å². The Bertz CT molecular complexity index is 653. The number of hydrogen-bond acceptors (Lipinski definition) is 2. The number of hydrogen-bond donors (Lipinski definition) is 0. The summed E-state index contributed by atoms with van der Waals surface area (Å²) in [6, 6.07) is 19.0. The van der Waals surface area contributed by atoms with Crippen LogP contribution in [0.2, 0.25) is 0 Å². The first kappa shape index (κ1) is 11.6. The van der Waals surface area contributed by atoms with Crippen LogP contribution in [0.4, 0.5) is 0 Å². The van der Waals surface area contributed by atoms with Crippen LogP contribution in [0.25, 0.3) is 12.2 Å². The largest absolute Gasteiger partial charge is 0.192 e. The first-order valence-corrected chi connectivity index (χ1v) is 5.51. The van der Waals surface area contributed by atoms with Gasteiger partial charge in [-0.2, -0.15) is 10.5 Å². The Morgan fingerprint density at radius 2 is 1.50 bits per heavy atom. The SMILES string of the molecule is N#Cc1ccc(C=Cc2ccccc2C#N)cc1. The van der Waals surface area contributed by atoms with Crippen LogP contribution >= 0.6 is 0 Å². The van der Waals surface area contributed by atoms with Gasteiger partial charge in [-0.25, -0.2) is 0 Å². The Labute approximate surface area is 106 Å². The Morgan fingerprint density at radius 3 is 2.17 bits per heavy atom. The number of rotatable bonds is 2. The van der Waals surface area contributed by atoms with E-state index in [9.17, 15) is 0 Å². The van der Waals surface area contributed by atoms with Crippen molar-refractivity contribution in [1.29, 1.82) is 10.5 Å². The molecule has 0 aliphatic rings. The second kappa shape index (κ2) is 5.48. The number of nitriles is 2. The topological polar surface area (TPSA) is 47.6 Å². The van der Waals surface area contributed by atoms with Gasteiger partial charge in [0.05, 0.1) is 23.3 Å². The minimum atomic E-state index is 0.643. The van der Waals surface area contributed by atoms with Crippen LogP contribution < -0.4 is 0 Å². The molecule has 0 radical (unpaired) electrons. The Morgan fingerprint density at radius 1 is 0.778 bits per heavy atom. The Balaban J connectivity index is 2.25. The highest BCUT2D eigenvalue weighted by atomic mass is 14.2. The van der Waals surface area contributed by atoms with E-state index in [4.69, 9.17) is 10.5 Å². The first-order valence-electron chi connectivity index (χ1n) is 5.51. The van der Waals surface area contributed by atoms with Gasteiger partial charge >= 0.3 is 0 Å². The summed E-state index contributed by atoms with van der Waals surface area (Å²) < 4.78 is 0. The van der Waals surface area contributed by atoms with Crippen molar-refractivity contribution in [1.82, 2.24) is 0 Å². The van der Waals surface area contributed by atoms with E-state index in [-0.39, 0.29) is 0 Å². The van der Waals surface area contributed by atoms with E-state index in [0.717, 1.165) is 11.1 Å². The monoisotopic (exact) mass is 230 g/mol. The molecule has 2 heteroatoms. The summed E-state index contributed by atoms with van der Waals surface area (Å²) >= 11 is 0. The normalized spacial score (nSPS) is 9.89. The predicted octanol–water partition coefficient (Wildman–Crippen LogP) is 3.60. The van der Waals surface area contributed by atoms with Crippen molar-refractivity contribution in [2.24, 2.45) is 0 Å². The lowest BCUT2D eigenvalue weighted by atomic mass is 10.1. The molecule has 0 N–H and O–H groups in total. The molecule has 0 atom stereocenters. The van der Waals surface area contributed by atoms with Gasteiger partial charge in [0.1, 0.15) is 0 Å². The van der Waals surface area contributed by atoms with Crippen LogP contribution in [0.15, 0.2) is 48.5 Å². The Kier molecular flexibility index (Phi) is 3.54. The maximum absolute atomic E-state index is 8.96. The average molecular weight is 230 g/mol. The first-order chi connectivity index (χ1) is 8.83. The lowest BCUT2D eigenvalue weighted by Gasteiger charge is -1.97. The van der Waals surface area contributed by atoms with Gasteiger partial charge in [-0.15, -0.1) is 0 Å². The average Bonchev–Trinajstić information content (AvgIpc) is 2.46.